The van der Waals surface area contributed by atoms with E-state index in [1.54, 1.807) is 0 Å². The Hall–Kier alpha value is -0.500. The quantitative estimate of drug-likeness (QED) is 0.632. The number of hydrogen-bond donors (Lipinski definition) is 1. The molecule has 0 aromatic heterocycles. The molecular weight excluding hydrogens is 362 g/mol. The van der Waals surface area contributed by atoms with Crippen molar-refractivity contribution in [2.75, 3.05) is 50.8 Å². The molecule has 2 saturated heterocycles. The van der Waals surface area contributed by atoms with Crippen molar-refractivity contribution in [3.8, 4) is 0 Å². The van der Waals surface area contributed by atoms with E-state index in [2.05, 4.69) is 0 Å². The average molecular weight is 394 g/mol. The molecular formula is C17H32ClN3O3S. The van der Waals surface area contributed by atoms with Crippen LogP contribution in [0.1, 0.15) is 38.5 Å². The summed E-state index contributed by atoms with van der Waals surface area (Å²) in [5.74, 6) is 1.15. The van der Waals surface area contributed by atoms with Crippen LogP contribution in [-0.4, -0.2) is 78.6 Å². The molecule has 2 fully saturated rings. The van der Waals surface area contributed by atoms with E-state index in [0.29, 0.717) is 24.7 Å². The molecule has 0 spiro atoms. The second kappa shape index (κ2) is 12.8. The lowest BCUT2D eigenvalue weighted by molar-refractivity contribution is -0.131. The third-order valence-corrected chi connectivity index (χ3v) is 5.56. The molecule has 0 aliphatic carbocycles. The number of nitrogens with two attached hydrogens (primary N) is 1. The number of carbonyl (C=O) groups excluding carboxylic acids is 2. The molecule has 2 aliphatic rings. The summed E-state index contributed by atoms with van der Waals surface area (Å²) in [4.78, 5) is 28.2. The number of amides is 2. The van der Waals surface area contributed by atoms with Gasteiger partial charge in [0.05, 0.1) is 17.6 Å². The van der Waals surface area contributed by atoms with E-state index in [0.717, 1.165) is 58.3 Å². The molecule has 146 valence electrons. The van der Waals surface area contributed by atoms with Gasteiger partial charge in [0.2, 0.25) is 11.8 Å². The fourth-order valence-corrected chi connectivity index (χ4v) is 3.97. The van der Waals surface area contributed by atoms with Crippen LogP contribution in [0, 0.1) is 0 Å². The van der Waals surface area contributed by atoms with Crippen LogP contribution in [-0.2, 0) is 14.3 Å². The predicted octanol–water partition coefficient (Wildman–Crippen LogP) is 1.51. The van der Waals surface area contributed by atoms with Crippen molar-refractivity contribution < 1.29 is 14.3 Å². The smallest absolute Gasteiger partial charge is 0.232 e. The second-order valence-corrected chi connectivity index (χ2v) is 7.51. The Labute approximate surface area is 161 Å². The van der Waals surface area contributed by atoms with E-state index in [-0.39, 0.29) is 30.3 Å². The van der Waals surface area contributed by atoms with Gasteiger partial charge in [-0.3, -0.25) is 9.59 Å². The third kappa shape index (κ3) is 8.15. The molecule has 2 heterocycles. The molecule has 0 bridgehead atoms. The molecule has 0 atom stereocenters. The van der Waals surface area contributed by atoms with E-state index in [4.69, 9.17) is 10.5 Å². The van der Waals surface area contributed by atoms with Gasteiger partial charge in [-0.1, -0.05) is 0 Å². The molecule has 2 amide bonds. The Morgan fingerprint density at radius 3 is 2.08 bits per heavy atom. The maximum atomic E-state index is 12.2. The van der Waals surface area contributed by atoms with Crippen LogP contribution in [0.2, 0.25) is 0 Å². The zero-order chi connectivity index (χ0) is 17.2. The minimum absolute atomic E-state index is 0. The molecule has 0 aromatic carbocycles. The van der Waals surface area contributed by atoms with Crippen molar-refractivity contribution in [2.24, 2.45) is 5.73 Å². The zero-order valence-electron chi connectivity index (χ0n) is 15.0. The number of likely N-dealkylation sites (tertiary alicyclic amines) is 2. The summed E-state index contributed by atoms with van der Waals surface area (Å²) in [7, 11) is 0. The second-order valence-electron chi connectivity index (χ2n) is 6.53. The Morgan fingerprint density at radius 1 is 0.960 bits per heavy atom. The lowest BCUT2D eigenvalue weighted by Gasteiger charge is -2.32. The van der Waals surface area contributed by atoms with E-state index < -0.39 is 0 Å². The lowest BCUT2D eigenvalue weighted by Crippen LogP contribution is -2.42. The fraction of sp³-hybridized carbons (Fsp3) is 0.882. The first-order chi connectivity index (χ1) is 11.7. The summed E-state index contributed by atoms with van der Waals surface area (Å²) in [6.45, 7) is 4.64. The molecule has 2 rings (SSSR count). The number of hydrogen-bond acceptors (Lipinski definition) is 5. The van der Waals surface area contributed by atoms with Crippen molar-refractivity contribution in [3.05, 3.63) is 0 Å². The van der Waals surface area contributed by atoms with Gasteiger partial charge >= 0.3 is 0 Å². The van der Waals surface area contributed by atoms with Gasteiger partial charge in [0.1, 0.15) is 0 Å². The van der Waals surface area contributed by atoms with Gasteiger partial charge in [-0.05, 0) is 45.1 Å². The highest BCUT2D eigenvalue weighted by molar-refractivity contribution is 8.00. The Kier molecular flexibility index (Phi) is 11.5. The molecule has 25 heavy (non-hydrogen) atoms. The van der Waals surface area contributed by atoms with E-state index >= 15 is 0 Å². The summed E-state index contributed by atoms with van der Waals surface area (Å²) in [6, 6.07) is 0. The van der Waals surface area contributed by atoms with Crippen molar-refractivity contribution in [3.63, 3.8) is 0 Å². The van der Waals surface area contributed by atoms with E-state index in [1.165, 1.54) is 18.2 Å². The van der Waals surface area contributed by atoms with Gasteiger partial charge in [0, 0.05) is 32.8 Å². The third-order valence-electron chi connectivity index (χ3n) is 4.66. The summed E-state index contributed by atoms with van der Waals surface area (Å²) < 4.78 is 5.76. The highest BCUT2D eigenvalue weighted by atomic mass is 35.5. The lowest BCUT2D eigenvalue weighted by atomic mass is 10.1. The minimum atomic E-state index is 0. The van der Waals surface area contributed by atoms with Crippen molar-refractivity contribution in [1.29, 1.82) is 0 Å². The molecule has 0 unspecified atom stereocenters. The van der Waals surface area contributed by atoms with Gasteiger partial charge in [0.15, 0.2) is 0 Å². The Bertz CT molecular complexity index is 401. The Balaban J connectivity index is 0.00000312. The van der Waals surface area contributed by atoms with Crippen LogP contribution in [0.25, 0.3) is 0 Å². The first kappa shape index (κ1) is 22.5. The number of ether oxygens (including phenoxy) is 1. The number of rotatable bonds is 8. The van der Waals surface area contributed by atoms with Crippen LogP contribution in [0.4, 0.5) is 0 Å². The zero-order valence-corrected chi connectivity index (χ0v) is 16.6. The molecule has 8 heteroatoms. The molecule has 0 aromatic rings. The van der Waals surface area contributed by atoms with Gasteiger partial charge in [-0.25, -0.2) is 0 Å². The van der Waals surface area contributed by atoms with E-state index in [1.807, 2.05) is 9.80 Å². The van der Waals surface area contributed by atoms with Crippen LogP contribution in [0.5, 0.6) is 0 Å². The van der Waals surface area contributed by atoms with Gasteiger partial charge in [0.25, 0.3) is 0 Å². The molecule has 2 N–H and O–H groups in total. The first-order valence-electron chi connectivity index (χ1n) is 9.15. The monoisotopic (exact) mass is 393 g/mol. The molecule has 6 nitrogen and oxygen atoms in total. The maximum absolute atomic E-state index is 12.2. The average Bonchev–Trinajstić information content (AvgIpc) is 2.63. The summed E-state index contributed by atoms with van der Waals surface area (Å²) >= 11 is 1.45. The topological polar surface area (TPSA) is 75.9 Å². The van der Waals surface area contributed by atoms with Crippen molar-refractivity contribution >= 4 is 36.0 Å². The summed E-state index contributed by atoms with van der Waals surface area (Å²) in [5.41, 5.74) is 5.46. The predicted molar refractivity (Wildman–Crippen MR) is 104 cm³/mol. The highest BCUT2D eigenvalue weighted by Crippen LogP contribution is 2.16. The summed E-state index contributed by atoms with van der Waals surface area (Å²) in [5, 5.41) is 0. The summed E-state index contributed by atoms with van der Waals surface area (Å²) in [6.07, 6.45) is 6.38. The first-order valence-corrected chi connectivity index (χ1v) is 10.3. The highest BCUT2D eigenvalue weighted by Gasteiger charge is 2.23. The standard InChI is InChI=1S/C17H31N3O3S.ClH/c18-7-4-12-23-15-5-10-20(11-6-15)17(22)14-24-13-16(21)19-8-2-1-3-9-19;/h15H,1-14,18H2;1H. The largest absolute Gasteiger partial charge is 0.378 e. The van der Waals surface area contributed by atoms with Crippen molar-refractivity contribution in [2.45, 2.75) is 44.6 Å². The molecule has 2 aliphatic heterocycles. The normalized spacial score (nSPS) is 18.8. The van der Waals surface area contributed by atoms with Gasteiger partial charge in [-0.2, -0.15) is 0 Å². The van der Waals surface area contributed by atoms with Crippen LogP contribution >= 0.6 is 24.2 Å². The molecule has 0 saturated carbocycles. The van der Waals surface area contributed by atoms with Crippen LogP contribution in [0.3, 0.4) is 0 Å². The SMILES string of the molecule is Cl.NCCCOC1CCN(C(=O)CSCC(=O)N2CCCCC2)CC1. The van der Waals surface area contributed by atoms with Crippen LogP contribution < -0.4 is 5.73 Å². The van der Waals surface area contributed by atoms with Gasteiger partial charge in [-0.15, -0.1) is 24.2 Å². The number of carbonyl (C=O) groups is 2. The minimum Gasteiger partial charge on any atom is -0.378 e. The van der Waals surface area contributed by atoms with E-state index in [9.17, 15) is 9.59 Å². The van der Waals surface area contributed by atoms with Crippen LogP contribution in [0.15, 0.2) is 0 Å². The number of nitrogens with zero attached hydrogens (tertiary/aromatic N) is 2. The number of piperidine rings is 2. The fourth-order valence-electron chi connectivity index (χ4n) is 3.16. The Morgan fingerprint density at radius 2 is 1.52 bits per heavy atom. The number of thioether (sulfide) groups is 1. The molecule has 0 radical (unpaired) electrons. The van der Waals surface area contributed by atoms with Crippen molar-refractivity contribution in [1.82, 2.24) is 9.80 Å². The maximum Gasteiger partial charge on any atom is 0.232 e. The number of halogens is 1. The van der Waals surface area contributed by atoms with Gasteiger partial charge < -0.3 is 20.3 Å².